The fourth-order valence-electron chi connectivity index (χ4n) is 2.03. The first-order valence-electron chi connectivity index (χ1n) is 6.42. The molecular formula is C13H30BrNO2. The number of nitrogens with zero attached hydrogens (tertiary/aromatic N) is 1. The number of aliphatic hydroxyl groups is 2. The summed E-state index contributed by atoms with van der Waals surface area (Å²) in [5.41, 5.74) is 0. The Morgan fingerprint density at radius 3 is 1.88 bits per heavy atom. The summed E-state index contributed by atoms with van der Waals surface area (Å²) >= 11 is 0. The minimum absolute atomic E-state index is 0. The van der Waals surface area contributed by atoms with Gasteiger partial charge in [-0.2, -0.15) is 0 Å². The van der Waals surface area contributed by atoms with E-state index in [2.05, 4.69) is 28.1 Å². The lowest BCUT2D eigenvalue weighted by Gasteiger charge is -2.34. The van der Waals surface area contributed by atoms with E-state index in [-0.39, 0.29) is 17.0 Å². The zero-order valence-electron chi connectivity index (χ0n) is 12.0. The van der Waals surface area contributed by atoms with E-state index in [0.29, 0.717) is 12.5 Å². The van der Waals surface area contributed by atoms with Gasteiger partial charge in [-0.25, -0.2) is 0 Å². The van der Waals surface area contributed by atoms with E-state index in [1.165, 1.54) is 26.2 Å². The van der Waals surface area contributed by atoms with Gasteiger partial charge in [-0.05, 0) is 32.6 Å². The van der Waals surface area contributed by atoms with Crippen LogP contribution in [0.25, 0.3) is 0 Å². The third-order valence-corrected chi connectivity index (χ3v) is 3.17. The van der Waals surface area contributed by atoms with E-state index in [1.807, 2.05) is 0 Å². The van der Waals surface area contributed by atoms with Gasteiger partial charge in [-0.15, -0.1) is 0 Å². The second kappa shape index (κ2) is 8.46. The van der Waals surface area contributed by atoms with Crippen LogP contribution in [0.4, 0.5) is 0 Å². The lowest BCUT2D eigenvalue weighted by molar-refractivity contribution is -0.896. The molecule has 0 fully saturated rings. The number of hydrogen-bond donors (Lipinski definition) is 2. The van der Waals surface area contributed by atoms with E-state index in [1.54, 1.807) is 0 Å². The van der Waals surface area contributed by atoms with Gasteiger partial charge in [0, 0.05) is 6.42 Å². The first kappa shape index (κ1) is 19.7. The van der Waals surface area contributed by atoms with Crippen LogP contribution in [0.15, 0.2) is 0 Å². The zero-order valence-corrected chi connectivity index (χ0v) is 13.6. The smallest absolute Gasteiger partial charge is 0.159 e. The van der Waals surface area contributed by atoms with Gasteiger partial charge in [-0.3, -0.25) is 0 Å². The Morgan fingerprint density at radius 2 is 1.53 bits per heavy atom. The van der Waals surface area contributed by atoms with Crippen molar-refractivity contribution in [1.29, 1.82) is 0 Å². The third-order valence-electron chi connectivity index (χ3n) is 3.17. The minimum atomic E-state index is -1.50. The maximum absolute atomic E-state index is 9.26. The van der Waals surface area contributed by atoms with Crippen LogP contribution in [0, 0.1) is 0 Å². The maximum atomic E-state index is 9.26. The summed E-state index contributed by atoms with van der Waals surface area (Å²) in [5.74, 6) is -1.50. The molecule has 0 spiro atoms. The average Bonchev–Trinajstić information content (AvgIpc) is 2.06. The minimum Gasteiger partial charge on any atom is -1.00 e. The van der Waals surface area contributed by atoms with Crippen LogP contribution in [0.1, 0.15) is 52.4 Å². The molecule has 0 aromatic carbocycles. The molecular weight excluding hydrogens is 282 g/mol. The standard InChI is InChI=1S/C13H30NO2.BrH/c1-6-7-9-12(14(3,4)5)10-8-11-13(2,15)16;/h12,15-16H,6-11H2,1-5H3;1H/q+1;/p-1. The summed E-state index contributed by atoms with van der Waals surface area (Å²) in [6, 6.07) is 0.627. The fourth-order valence-corrected chi connectivity index (χ4v) is 2.03. The molecule has 2 N–H and O–H groups in total. The summed E-state index contributed by atoms with van der Waals surface area (Å²) in [7, 11) is 6.66. The van der Waals surface area contributed by atoms with Gasteiger partial charge in [-0.1, -0.05) is 13.3 Å². The second-order valence-corrected chi connectivity index (χ2v) is 6.02. The van der Waals surface area contributed by atoms with Gasteiger partial charge in [0.15, 0.2) is 5.79 Å². The molecule has 0 aliphatic carbocycles. The Labute approximate surface area is 117 Å². The molecule has 0 amide bonds. The number of quaternary nitrogens is 1. The van der Waals surface area contributed by atoms with Crippen LogP contribution < -0.4 is 17.0 Å². The van der Waals surface area contributed by atoms with Crippen molar-refractivity contribution in [3.8, 4) is 0 Å². The van der Waals surface area contributed by atoms with Crippen LogP contribution in [0.2, 0.25) is 0 Å². The number of rotatable bonds is 8. The lowest BCUT2D eigenvalue weighted by atomic mass is 9.99. The highest BCUT2D eigenvalue weighted by Gasteiger charge is 2.24. The van der Waals surface area contributed by atoms with Crippen molar-refractivity contribution in [3.63, 3.8) is 0 Å². The van der Waals surface area contributed by atoms with Crippen LogP contribution in [0.3, 0.4) is 0 Å². The zero-order chi connectivity index (χ0) is 12.8. The van der Waals surface area contributed by atoms with E-state index < -0.39 is 5.79 Å². The van der Waals surface area contributed by atoms with E-state index in [4.69, 9.17) is 0 Å². The monoisotopic (exact) mass is 311 g/mol. The summed E-state index contributed by atoms with van der Waals surface area (Å²) in [6.45, 7) is 3.67. The van der Waals surface area contributed by atoms with E-state index in [9.17, 15) is 10.2 Å². The molecule has 0 saturated heterocycles. The molecule has 17 heavy (non-hydrogen) atoms. The number of halogens is 1. The van der Waals surface area contributed by atoms with Crippen LogP contribution >= 0.6 is 0 Å². The van der Waals surface area contributed by atoms with Crippen molar-refractivity contribution in [2.45, 2.75) is 64.2 Å². The van der Waals surface area contributed by atoms with E-state index in [0.717, 1.165) is 17.3 Å². The first-order chi connectivity index (χ1) is 7.17. The normalized spacial score (nSPS) is 14.3. The SMILES string of the molecule is CCCCC(CCCC(C)(O)O)[N+](C)(C)C.[Br-]. The number of unbranched alkanes of at least 4 members (excludes halogenated alkanes) is 1. The Kier molecular flexibility index (Phi) is 9.80. The Bertz CT molecular complexity index is 185. The molecule has 106 valence electrons. The fraction of sp³-hybridized carbons (Fsp3) is 1.00. The second-order valence-electron chi connectivity index (χ2n) is 6.02. The molecule has 0 bridgehead atoms. The molecule has 0 rings (SSSR count). The molecule has 0 saturated carbocycles. The molecule has 0 aliphatic heterocycles. The molecule has 4 heteroatoms. The Morgan fingerprint density at radius 1 is 1.06 bits per heavy atom. The predicted octanol–water partition coefficient (Wildman–Crippen LogP) is -0.873. The van der Waals surface area contributed by atoms with Gasteiger partial charge in [0.25, 0.3) is 0 Å². The van der Waals surface area contributed by atoms with Gasteiger partial charge >= 0.3 is 0 Å². The first-order valence-corrected chi connectivity index (χ1v) is 6.42. The largest absolute Gasteiger partial charge is 1.00 e. The quantitative estimate of drug-likeness (QED) is 0.452. The van der Waals surface area contributed by atoms with Gasteiger partial charge in [0.05, 0.1) is 27.2 Å². The van der Waals surface area contributed by atoms with E-state index >= 15 is 0 Å². The van der Waals surface area contributed by atoms with Crippen LogP contribution in [-0.2, 0) is 0 Å². The average molecular weight is 312 g/mol. The van der Waals surface area contributed by atoms with Crippen molar-refractivity contribution in [3.05, 3.63) is 0 Å². The lowest BCUT2D eigenvalue weighted by Crippen LogP contribution is -3.00. The highest BCUT2D eigenvalue weighted by atomic mass is 79.9. The van der Waals surface area contributed by atoms with Crippen LogP contribution in [0.5, 0.6) is 0 Å². The summed E-state index contributed by atoms with van der Waals surface area (Å²) in [4.78, 5) is 0. The van der Waals surface area contributed by atoms with Crippen molar-refractivity contribution in [1.82, 2.24) is 0 Å². The summed E-state index contributed by atoms with van der Waals surface area (Å²) < 4.78 is 0.966. The van der Waals surface area contributed by atoms with Gasteiger partial charge < -0.3 is 31.7 Å². The third kappa shape index (κ3) is 11.2. The van der Waals surface area contributed by atoms with Crippen molar-refractivity contribution >= 4 is 0 Å². The molecule has 1 unspecified atom stereocenters. The molecule has 0 radical (unpaired) electrons. The Hall–Kier alpha value is 0.360. The van der Waals surface area contributed by atoms with Crippen molar-refractivity contribution < 1.29 is 31.7 Å². The molecule has 0 aliphatic rings. The topological polar surface area (TPSA) is 40.5 Å². The summed E-state index contributed by atoms with van der Waals surface area (Å²) in [6.07, 6.45) is 6.14. The molecule has 0 aromatic rings. The van der Waals surface area contributed by atoms with Crippen molar-refractivity contribution in [2.75, 3.05) is 21.1 Å². The molecule has 0 aromatic heterocycles. The molecule has 3 nitrogen and oxygen atoms in total. The number of hydrogen-bond acceptors (Lipinski definition) is 2. The van der Waals surface area contributed by atoms with Gasteiger partial charge in [0.1, 0.15) is 0 Å². The highest BCUT2D eigenvalue weighted by molar-refractivity contribution is 4.63. The summed E-state index contributed by atoms with van der Waals surface area (Å²) in [5, 5.41) is 18.5. The Balaban J connectivity index is 0. The molecule has 0 heterocycles. The predicted molar refractivity (Wildman–Crippen MR) is 68.0 cm³/mol. The molecule has 1 atom stereocenters. The van der Waals surface area contributed by atoms with Crippen molar-refractivity contribution in [2.24, 2.45) is 0 Å². The highest BCUT2D eigenvalue weighted by Crippen LogP contribution is 2.20. The van der Waals surface area contributed by atoms with Crippen LogP contribution in [-0.4, -0.2) is 47.7 Å². The van der Waals surface area contributed by atoms with Gasteiger partial charge in [0.2, 0.25) is 0 Å². The maximum Gasteiger partial charge on any atom is 0.159 e.